The van der Waals surface area contributed by atoms with E-state index in [4.69, 9.17) is 4.74 Å². The zero-order valence-electron chi connectivity index (χ0n) is 12.2. The Labute approximate surface area is 149 Å². The number of benzene rings is 3. The van der Waals surface area contributed by atoms with Crippen LogP contribution in [0.15, 0.2) is 83.3 Å². The molecule has 1 unspecified atom stereocenters. The predicted molar refractivity (Wildman–Crippen MR) is 109 cm³/mol. The first-order valence-electron chi connectivity index (χ1n) is 7.04. The topological polar surface area (TPSA) is 9.23 Å². The van der Waals surface area contributed by atoms with Gasteiger partial charge in [-0.2, -0.15) is 0 Å². The molecule has 0 aromatic heterocycles. The van der Waals surface area contributed by atoms with Crippen LogP contribution >= 0.6 is 23.9 Å². The van der Waals surface area contributed by atoms with Gasteiger partial charge in [-0.3, -0.25) is 0 Å². The van der Waals surface area contributed by atoms with Crippen LogP contribution in [0.2, 0.25) is 0 Å². The summed E-state index contributed by atoms with van der Waals surface area (Å²) in [5, 5.41) is 3.85. The Kier molecular flexibility index (Phi) is 6.44. The third kappa shape index (κ3) is 3.86. The molecule has 0 bridgehead atoms. The Morgan fingerprint density at radius 1 is 0.739 bits per heavy atom. The quantitative estimate of drug-likeness (QED) is 0.496. The van der Waals surface area contributed by atoms with Crippen LogP contribution in [0, 0.1) is 0 Å². The van der Waals surface area contributed by atoms with Crippen LogP contribution in [0.4, 0.5) is 0 Å². The lowest BCUT2D eigenvalue weighted by atomic mass is 10.3. The summed E-state index contributed by atoms with van der Waals surface area (Å²) in [6.07, 6.45) is 0. The monoisotopic (exact) mass is 384 g/mol. The van der Waals surface area contributed by atoms with E-state index < -0.39 is 7.92 Å². The van der Waals surface area contributed by atoms with E-state index in [-0.39, 0.29) is 8.41 Å². The highest BCUT2D eigenvalue weighted by Gasteiger charge is 2.21. The van der Waals surface area contributed by atoms with Gasteiger partial charge in [-0.15, -0.1) is 0 Å². The maximum atomic E-state index is 5.61. The minimum atomic E-state index is -0.665. The molecule has 3 rings (SSSR count). The summed E-state index contributed by atoms with van der Waals surface area (Å²) in [5.74, 6) is 0.938. The van der Waals surface area contributed by atoms with Crippen molar-refractivity contribution in [3.05, 3.63) is 83.3 Å². The minimum Gasteiger partial charge on any atom is -0.496 e. The van der Waals surface area contributed by atoms with Crippen molar-refractivity contribution in [3.8, 4) is 5.75 Å². The molecule has 0 amide bonds. The second-order valence-electron chi connectivity index (χ2n) is 4.79. The van der Waals surface area contributed by atoms with Gasteiger partial charge in [0.05, 0.1) is 15.5 Å². The number of ether oxygens (including phenoxy) is 1. The molecule has 0 heterocycles. The predicted octanol–water partition coefficient (Wildman–Crippen LogP) is 3.03. The molecule has 0 saturated carbocycles. The highest BCUT2D eigenvalue weighted by atomic mass is 79.9. The van der Waals surface area contributed by atoms with Crippen LogP contribution in [-0.4, -0.2) is 15.5 Å². The molecule has 0 saturated heterocycles. The lowest BCUT2D eigenvalue weighted by molar-refractivity contribution is 0.418. The van der Waals surface area contributed by atoms with E-state index in [0.717, 1.165) is 10.2 Å². The lowest BCUT2D eigenvalue weighted by Crippen LogP contribution is -2.22. The molecule has 0 radical (unpaired) electrons. The van der Waals surface area contributed by atoms with E-state index in [1.165, 1.54) is 15.9 Å². The third-order valence-electron chi connectivity index (χ3n) is 3.43. The third-order valence-corrected chi connectivity index (χ3v) is 6.97. The summed E-state index contributed by atoms with van der Waals surface area (Å²) in [7, 11) is 1.07. The van der Waals surface area contributed by atoms with E-state index >= 15 is 0 Å². The zero-order valence-corrected chi connectivity index (χ0v) is 14.7. The van der Waals surface area contributed by atoms with Crippen LogP contribution in [0.3, 0.4) is 0 Å². The number of methoxy groups -OCH3 is 1. The normalized spacial score (nSPS) is 11.4. The number of para-hydroxylation sites is 1. The van der Waals surface area contributed by atoms with Crippen molar-refractivity contribution in [3.63, 3.8) is 0 Å². The summed E-state index contributed by atoms with van der Waals surface area (Å²) in [5.41, 5.74) is 0. The van der Waals surface area contributed by atoms with Gasteiger partial charge >= 0.3 is 0 Å². The Balaban J connectivity index is 0.00000192. The first-order valence-corrected chi connectivity index (χ1v) is 9.17. The molecule has 0 spiro atoms. The van der Waals surface area contributed by atoms with E-state index in [2.05, 4.69) is 76.6 Å². The highest BCUT2D eigenvalue weighted by molar-refractivity contribution is 9.10. The summed E-state index contributed by atoms with van der Waals surface area (Å²) < 4.78 is 6.75. The Morgan fingerprint density at radius 2 is 1.30 bits per heavy atom. The molecule has 23 heavy (non-hydrogen) atoms. The van der Waals surface area contributed by atoms with Gasteiger partial charge in [-0.05, 0) is 30.7 Å². The van der Waals surface area contributed by atoms with E-state index in [9.17, 15) is 0 Å². The summed E-state index contributed by atoms with van der Waals surface area (Å²) in [6, 6.07) is 27.3. The van der Waals surface area contributed by atoms with Gasteiger partial charge < -0.3 is 4.74 Å². The Bertz CT molecular complexity index is 764. The highest BCUT2D eigenvalue weighted by Crippen LogP contribution is 2.38. The van der Waals surface area contributed by atoms with Crippen LogP contribution < -0.4 is 20.7 Å². The molecule has 0 aliphatic heterocycles. The zero-order chi connectivity index (χ0) is 15.4. The van der Waals surface area contributed by atoms with Crippen molar-refractivity contribution >= 4 is 48.2 Å². The first kappa shape index (κ1) is 17.8. The fourth-order valence-corrected chi connectivity index (χ4v) is 5.68. The Hall–Kier alpha value is -1.57. The molecule has 1 atom stereocenters. The molecule has 0 fully saturated rings. The van der Waals surface area contributed by atoms with Gasteiger partial charge in [0, 0.05) is 9.78 Å². The van der Waals surface area contributed by atoms with Crippen LogP contribution in [0.5, 0.6) is 5.75 Å². The van der Waals surface area contributed by atoms with Crippen molar-refractivity contribution in [2.24, 2.45) is 0 Å². The second kappa shape index (κ2) is 8.33. The molecule has 3 aromatic carbocycles. The smallest absolute Gasteiger partial charge is 0.127 e. The van der Waals surface area contributed by atoms with Gasteiger partial charge in [0.2, 0.25) is 0 Å². The summed E-state index contributed by atoms with van der Waals surface area (Å²) >= 11 is 3.71. The standard InChI is InChI=1S/C19H16BrOP.BH3/c1-21-17-12-6-8-14-19(17)22(15-9-3-2-4-10-15)18-13-7-5-11-16(18)20;/h2-14H,1H3;1H3. The average Bonchev–Trinajstić information content (AvgIpc) is 2.58. The van der Waals surface area contributed by atoms with Crippen molar-refractivity contribution in [1.29, 1.82) is 0 Å². The van der Waals surface area contributed by atoms with E-state index in [1.807, 2.05) is 18.2 Å². The van der Waals surface area contributed by atoms with Crippen molar-refractivity contribution in [2.75, 3.05) is 7.11 Å². The molecule has 3 aromatic rings. The molecule has 0 N–H and O–H groups in total. The fraction of sp³-hybridized carbons (Fsp3) is 0.0526. The molecular formula is C19H19BBrOP. The van der Waals surface area contributed by atoms with Crippen LogP contribution in [-0.2, 0) is 0 Å². The number of hydrogen-bond acceptors (Lipinski definition) is 1. The largest absolute Gasteiger partial charge is 0.496 e. The van der Waals surface area contributed by atoms with Gasteiger partial charge in [0.15, 0.2) is 0 Å². The minimum absolute atomic E-state index is 0. The molecular weight excluding hydrogens is 366 g/mol. The molecule has 0 aliphatic rings. The fourth-order valence-electron chi connectivity index (χ4n) is 2.43. The van der Waals surface area contributed by atoms with E-state index in [1.54, 1.807) is 7.11 Å². The summed E-state index contributed by atoms with van der Waals surface area (Å²) in [4.78, 5) is 0. The number of halogens is 1. The molecule has 1 nitrogen and oxygen atoms in total. The lowest BCUT2D eigenvalue weighted by Gasteiger charge is -2.22. The average molecular weight is 385 g/mol. The van der Waals surface area contributed by atoms with Crippen molar-refractivity contribution in [2.45, 2.75) is 0 Å². The molecule has 116 valence electrons. The maximum absolute atomic E-state index is 5.61. The van der Waals surface area contributed by atoms with Crippen LogP contribution in [0.25, 0.3) is 0 Å². The van der Waals surface area contributed by atoms with Gasteiger partial charge in [-0.1, -0.05) is 82.7 Å². The number of rotatable bonds is 4. The van der Waals surface area contributed by atoms with Gasteiger partial charge in [-0.25, -0.2) is 0 Å². The maximum Gasteiger partial charge on any atom is 0.127 e. The second-order valence-corrected chi connectivity index (χ2v) is 7.80. The van der Waals surface area contributed by atoms with Crippen molar-refractivity contribution < 1.29 is 4.74 Å². The van der Waals surface area contributed by atoms with Crippen LogP contribution in [0.1, 0.15) is 0 Å². The van der Waals surface area contributed by atoms with Gasteiger partial charge in [0.25, 0.3) is 0 Å². The van der Waals surface area contributed by atoms with Crippen molar-refractivity contribution in [1.82, 2.24) is 0 Å². The molecule has 0 aliphatic carbocycles. The Morgan fingerprint density at radius 3 is 1.96 bits per heavy atom. The van der Waals surface area contributed by atoms with E-state index in [0.29, 0.717) is 0 Å². The first-order chi connectivity index (χ1) is 10.8. The summed E-state index contributed by atoms with van der Waals surface area (Å²) in [6.45, 7) is 0. The molecule has 4 heteroatoms. The number of hydrogen-bond donors (Lipinski definition) is 0. The SMILES string of the molecule is B.COc1ccccc1P(c1ccccc1)c1ccccc1Br. The van der Waals surface area contributed by atoms with Gasteiger partial charge in [0.1, 0.15) is 5.75 Å².